The van der Waals surface area contributed by atoms with Gasteiger partial charge in [0.05, 0.1) is 12.6 Å². The third kappa shape index (κ3) is 4.80. The zero-order valence-corrected chi connectivity index (χ0v) is 11.0. The summed E-state index contributed by atoms with van der Waals surface area (Å²) < 4.78 is 0. The average molecular weight is 259 g/mol. The van der Waals surface area contributed by atoms with Gasteiger partial charge in [0.2, 0.25) is 11.8 Å². The number of carbonyl (C=O) groups is 2. The molecule has 0 fully saturated rings. The molecule has 0 aromatic heterocycles. The average Bonchev–Trinajstić information content (AvgIpc) is 2.38. The van der Waals surface area contributed by atoms with Gasteiger partial charge in [-0.05, 0) is 19.4 Å². The zero-order chi connectivity index (χ0) is 14.3. The first-order valence-corrected chi connectivity index (χ1v) is 6.06. The highest BCUT2D eigenvalue weighted by atomic mass is 16.2. The van der Waals surface area contributed by atoms with Gasteiger partial charge in [0.1, 0.15) is 5.92 Å². The molecule has 0 aliphatic carbocycles. The predicted molar refractivity (Wildman–Crippen MR) is 71.1 cm³/mol. The van der Waals surface area contributed by atoms with Crippen LogP contribution in [-0.4, -0.2) is 24.4 Å². The molecule has 100 valence electrons. The number of nitrogens with one attached hydrogen (secondary N) is 2. The quantitative estimate of drug-likeness (QED) is 0.825. The van der Waals surface area contributed by atoms with Gasteiger partial charge in [0.15, 0.2) is 0 Å². The lowest BCUT2D eigenvalue weighted by atomic mass is 10.00. The lowest BCUT2D eigenvalue weighted by Gasteiger charge is -2.12. The van der Waals surface area contributed by atoms with Gasteiger partial charge in [0, 0.05) is 6.04 Å². The third-order valence-corrected chi connectivity index (χ3v) is 2.40. The lowest BCUT2D eigenvalue weighted by Crippen LogP contribution is -2.41. The highest BCUT2D eigenvalue weighted by Crippen LogP contribution is 2.14. The molecule has 2 amide bonds. The fourth-order valence-electron chi connectivity index (χ4n) is 1.57. The van der Waals surface area contributed by atoms with Crippen LogP contribution >= 0.6 is 0 Å². The summed E-state index contributed by atoms with van der Waals surface area (Å²) in [5.41, 5.74) is 0.617. The minimum absolute atomic E-state index is 0.0188. The smallest absolute Gasteiger partial charge is 0.242 e. The van der Waals surface area contributed by atoms with Gasteiger partial charge in [-0.25, -0.2) is 0 Å². The van der Waals surface area contributed by atoms with Crippen molar-refractivity contribution < 1.29 is 9.59 Å². The van der Waals surface area contributed by atoms with E-state index in [4.69, 9.17) is 5.26 Å². The van der Waals surface area contributed by atoms with Crippen LogP contribution < -0.4 is 10.6 Å². The molecule has 5 nitrogen and oxygen atoms in total. The van der Waals surface area contributed by atoms with Crippen LogP contribution in [0.25, 0.3) is 0 Å². The molecule has 1 rings (SSSR count). The van der Waals surface area contributed by atoms with Gasteiger partial charge in [0.25, 0.3) is 0 Å². The van der Waals surface area contributed by atoms with Gasteiger partial charge in [-0.1, -0.05) is 30.3 Å². The standard InChI is InChI=1S/C14H17N3O2/c1-10(2)17-13(18)9-16-14(19)12(8-15)11-6-4-3-5-7-11/h3-7,10,12H,9H2,1-2H3,(H,16,19)(H,17,18). The van der Waals surface area contributed by atoms with E-state index in [0.717, 1.165) is 0 Å². The topological polar surface area (TPSA) is 82.0 Å². The van der Waals surface area contributed by atoms with Crippen LogP contribution in [0.2, 0.25) is 0 Å². The highest BCUT2D eigenvalue weighted by Gasteiger charge is 2.20. The molecule has 0 spiro atoms. The first-order valence-electron chi connectivity index (χ1n) is 6.06. The number of rotatable bonds is 5. The molecule has 1 unspecified atom stereocenters. The second-order valence-electron chi connectivity index (χ2n) is 4.41. The SMILES string of the molecule is CC(C)NC(=O)CNC(=O)C(C#N)c1ccccc1. The second-order valence-corrected chi connectivity index (χ2v) is 4.41. The molecule has 1 aromatic rings. The minimum Gasteiger partial charge on any atom is -0.352 e. The van der Waals surface area contributed by atoms with Crippen molar-refractivity contribution in [3.63, 3.8) is 0 Å². The Morgan fingerprint density at radius 3 is 2.42 bits per heavy atom. The van der Waals surface area contributed by atoms with Crippen molar-refractivity contribution in [1.29, 1.82) is 5.26 Å². The molecule has 1 aromatic carbocycles. The molecule has 19 heavy (non-hydrogen) atoms. The van der Waals surface area contributed by atoms with E-state index in [0.29, 0.717) is 5.56 Å². The van der Waals surface area contributed by atoms with Crippen molar-refractivity contribution in [2.75, 3.05) is 6.54 Å². The van der Waals surface area contributed by atoms with Crippen molar-refractivity contribution >= 4 is 11.8 Å². The van der Waals surface area contributed by atoms with Crippen LogP contribution in [0.5, 0.6) is 0 Å². The molecule has 0 heterocycles. The normalized spacial score (nSPS) is 11.5. The van der Waals surface area contributed by atoms with E-state index < -0.39 is 11.8 Å². The monoisotopic (exact) mass is 259 g/mol. The highest BCUT2D eigenvalue weighted by molar-refractivity contribution is 5.90. The number of nitrogens with zero attached hydrogens (tertiary/aromatic N) is 1. The Hall–Kier alpha value is -2.35. The number of hydrogen-bond donors (Lipinski definition) is 2. The maximum absolute atomic E-state index is 11.9. The van der Waals surface area contributed by atoms with Crippen molar-refractivity contribution in [3.05, 3.63) is 35.9 Å². The Kier molecular flexibility index (Phi) is 5.55. The van der Waals surface area contributed by atoms with E-state index in [1.807, 2.05) is 26.0 Å². The molecule has 0 bridgehead atoms. The molecule has 0 radical (unpaired) electrons. The number of hydrogen-bond acceptors (Lipinski definition) is 3. The number of benzene rings is 1. The summed E-state index contributed by atoms with van der Waals surface area (Å²) in [5.74, 6) is -1.63. The molecule has 0 aliphatic rings. The largest absolute Gasteiger partial charge is 0.352 e. The molecule has 2 N–H and O–H groups in total. The fraction of sp³-hybridized carbons (Fsp3) is 0.357. The van der Waals surface area contributed by atoms with Crippen LogP contribution in [0, 0.1) is 11.3 Å². The van der Waals surface area contributed by atoms with Gasteiger partial charge in [-0.2, -0.15) is 5.26 Å². The van der Waals surface area contributed by atoms with E-state index in [9.17, 15) is 9.59 Å². The Bertz CT molecular complexity index is 477. The minimum atomic E-state index is -0.895. The summed E-state index contributed by atoms with van der Waals surface area (Å²) in [4.78, 5) is 23.2. The summed E-state index contributed by atoms with van der Waals surface area (Å²) in [7, 11) is 0. The summed E-state index contributed by atoms with van der Waals surface area (Å²) >= 11 is 0. The first kappa shape index (κ1) is 14.7. The van der Waals surface area contributed by atoms with Crippen molar-refractivity contribution in [2.24, 2.45) is 0 Å². The predicted octanol–water partition coefficient (Wildman–Crippen LogP) is 0.935. The summed E-state index contributed by atoms with van der Waals surface area (Å²) in [6.07, 6.45) is 0. The Labute approximate surface area is 112 Å². The van der Waals surface area contributed by atoms with Crippen molar-refractivity contribution in [3.8, 4) is 6.07 Å². The lowest BCUT2D eigenvalue weighted by molar-refractivity contribution is -0.126. The van der Waals surface area contributed by atoms with Crippen molar-refractivity contribution in [1.82, 2.24) is 10.6 Å². The van der Waals surface area contributed by atoms with E-state index in [-0.39, 0.29) is 18.5 Å². The molecular weight excluding hydrogens is 242 g/mol. The first-order chi connectivity index (χ1) is 9.04. The van der Waals surface area contributed by atoms with Crippen LogP contribution in [0.1, 0.15) is 25.3 Å². The summed E-state index contributed by atoms with van der Waals surface area (Å²) in [6, 6.07) is 10.7. The van der Waals surface area contributed by atoms with E-state index in [1.54, 1.807) is 24.3 Å². The zero-order valence-electron chi connectivity index (χ0n) is 11.0. The molecule has 5 heteroatoms. The van der Waals surface area contributed by atoms with Gasteiger partial charge in [-0.15, -0.1) is 0 Å². The van der Waals surface area contributed by atoms with Crippen LogP contribution in [-0.2, 0) is 9.59 Å². The van der Waals surface area contributed by atoms with E-state index in [2.05, 4.69) is 10.6 Å². The number of carbonyl (C=O) groups excluding carboxylic acids is 2. The van der Waals surface area contributed by atoms with Gasteiger partial charge >= 0.3 is 0 Å². The summed E-state index contributed by atoms with van der Waals surface area (Å²) in [6.45, 7) is 3.55. The van der Waals surface area contributed by atoms with E-state index in [1.165, 1.54) is 0 Å². The Balaban J connectivity index is 2.57. The van der Waals surface area contributed by atoms with Gasteiger partial charge in [-0.3, -0.25) is 9.59 Å². The third-order valence-electron chi connectivity index (χ3n) is 2.40. The molecule has 0 aliphatic heterocycles. The maximum atomic E-state index is 11.9. The van der Waals surface area contributed by atoms with Crippen molar-refractivity contribution in [2.45, 2.75) is 25.8 Å². The fourth-order valence-corrected chi connectivity index (χ4v) is 1.57. The molecule has 0 saturated carbocycles. The molecule has 0 saturated heterocycles. The number of nitriles is 1. The maximum Gasteiger partial charge on any atom is 0.242 e. The van der Waals surface area contributed by atoms with Crippen LogP contribution in [0.4, 0.5) is 0 Å². The number of amides is 2. The Morgan fingerprint density at radius 2 is 1.89 bits per heavy atom. The molecule has 1 atom stereocenters. The van der Waals surface area contributed by atoms with Crippen LogP contribution in [0.3, 0.4) is 0 Å². The summed E-state index contributed by atoms with van der Waals surface area (Å²) in [5, 5.41) is 14.2. The Morgan fingerprint density at radius 1 is 1.26 bits per heavy atom. The van der Waals surface area contributed by atoms with Gasteiger partial charge < -0.3 is 10.6 Å². The van der Waals surface area contributed by atoms with Crippen LogP contribution in [0.15, 0.2) is 30.3 Å². The second kappa shape index (κ2) is 7.17. The van der Waals surface area contributed by atoms with E-state index >= 15 is 0 Å². The molecular formula is C14H17N3O2.